The van der Waals surface area contributed by atoms with Crippen molar-refractivity contribution < 1.29 is 0 Å². The molecule has 1 atom stereocenters. The van der Waals surface area contributed by atoms with Crippen LogP contribution in [0.15, 0.2) is 24.3 Å². The molecule has 0 aromatic heterocycles. The average molecular weight is 173 g/mol. The lowest BCUT2D eigenvalue weighted by Crippen LogP contribution is -2.10. The van der Waals surface area contributed by atoms with Crippen LogP contribution in [-0.4, -0.2) is 4.87 Å². The van der Waals surface area contributed by atoms with Crippen molar-refractivity contribution in [1.29, 1.82) is 0 Å². The van der Waals surface area contributed by atoms with E-state index in [0.717, 1.165) is 12.8 Å². The fourth-order valence-corrected chi connectivity index (χ4v) is 0.854. The van der Waals surface area contributed by atoms with Crippen molar-refractivity contribution in [2.75, 3.05) is 0 Å². The molecular formula is C10H17Cl. The van der Waals surface area contributed by atoms with Crippen LogP contribution in [0, 0.1) is 0 Å². The van der Waals surface area contributed by atoms with Crippen molar-refractivity contribution >= 4 is 11.6 Å². The molecule has 0 aliphatic carbocycles. The lowest BCUT2D eigenvalue weighted by molar-refractivity contribution is 0.697. The number of rotatable bonds is 4. The highest BCUT2D eigenvalue weighted by molar-refractivity contribution is 6.24. The maximum atomic E-state index is 6.06. The highest BCUT2D eigenvalue weighted by atomic mass is 35.5. The molecule has 0 bridgehead atoms. The SMILES string of the molecule is C=CC(C)(Cl)CCC=C(C)C. The summed E-state index contributed by atoms with van der Waals surface area (Å²) in [6.45, 7) is 9.86. The molecule has 0 saturated heterocycles. The Morgan fingerprint density at radius 2 is 2.09 bits per heavy atom. The topological polar surface area (TPSA) is 0 Å². The molecule has 0 aliphatic rings. The van der Waals surface area contributed by atoms with Crippen molar-refractivity contribution in [3.8, 4) is 0 Å². The molecule has 0 aliphatic heterocycles. The first-order valence-electron chi connectivity index (χ1n) is 3.94. The van der Waals surface area contributed by atoms with Gasteiger partial charge in [0.15, 0.2) is 0 Å². The summed E-state index contributed by atoms with van der Waals surface area (Å²) >= 11 is 6.06. The summed E-state index contributed by atoms with van der Waals surface area (Å²) in [5.41, 5.74) is 1.35. The molecule has 0 aromatic rings. The standard InChI is InChI=1S/C10H17Cl/c1-5-10(4,11)8-6-7-9(2)3/h5,7H,1,6,8H2,2-4H3. The number of halogens is 1. The van der Waals surface area contributed by atoms with Gasteiger partial charge in [-0.2, -0.15) is 0 Å². The maximum Gasteiger partial charge on any atom is 0.0598 e. The van der Waals surface area contributed by atoms with Gasteiger partial charge in [0.05, 0.1) is 4.87 Å². The largest absolute Gasteiger partial charge is 0.115 e. The molecule has 0 fully saturated rings. The number of alkyl halides is 1. The van der Waals surface area contributed by atoms with Gasteiger partial charge < -0.3 is 0 Å². The fourth-order valence-electron chi connectivity index (χ4n) is 0.745. The lowest BCUT2D eigenvalue weighted by Gasteiger charge is -2.14. The van der Waals surface area contributed by atoms with E-state index < -0.39 is 0 Å². The molecule has 11 heavy (non-hydrogen) atoms. The monoisotopic (exact) mass is 172 g/mol. The predicted molar refractivity (Wildman–Crippen MR) is 53.1 cm³/mol. The third kappa shape index (κ3) is 6.18. The Morgan fingerprint density at radius 1 is 1.55 bits per heavy atom. The fraction of sp³-hybridized carbons (Fsp3) is 0.600. The zero-order valence-corrected chi connectivity index (χ0v) is 8.41. The Bertz CT molecular complexity index is 150. The maximum absolute atomic E-state index is 6.06. The summed E-state index contributed by atoms with van der Waals surface area (Å²) < 4.78 is 0. The number of hydrogen-bond acceptors (Lipinski definition) is 0. The zero-order valence-electron chi connectivity index (χ0n) is 7.65. The van der Waals surface area contributed by atoms with E-state index in [1.807, 2.05) is 6.92 Å². The van der Waals surface area contributed by atoms with Crippen LogP contribution in [-0.2, 0) is 0 Å². The molecule has 0 rings (SSSR count). The van der Waals surface area contributed by atoms with E-state index in [2.05, 4.69) is 26.5 Å². The van der Waals surface area contributed by atoms with E-state index in [0.29, 0.717) is 0 Å². The summed E-state index contributed by atoms with van der Waals surface area (Å²) in [6.07, 6.45) is 6.00. The van der Waals surface area contributed by atoms with Crippen LogP contribution in [0.4, 0.5) is 0 Å². The minimum atomic E-state index is -0.230. The molecule has 0 spiro atoms. The molecule has 0 nitrogen and oxygen atoms in total. The van der Waals surface area contributed by atoms with Crippen LogP contribution in [0.25, 0.3) is 0 Å². The minimum absolute atomic E-state index is 0.230. The molecule has 0 aromatic carbocycles. The normalized spacial score (nSPS) is 15.3. The van der Waals surface area contributed by atoms with E-state index >= 15 is 0 Å². The highest BCUT2D eigenvalue weighted by Gasteiger charge is 2.13. The average Bonchev–Trinajstić information content (AvgIpc) is 1.87. The van der Waals surface area contributed by atoms with Gasteiger partial charge in [-0.15, -0.1) is 18.2 Å². The Morgan fingerprint density at radius 3 is 2.45 bits per heavy atom. The first kappa shape index (κ1) is 10.8. The van der Waals surface area contributed by atoms with Crippen molar-refractivity contribution in [3.05, 3.63) is 24.3 Å². The summed E-state index contributed by atoms with van der Waals surface area (Å²) in [5, 5.41) is 0. The molecule has 0 amide bonds. The van der Waals surface area contributed by atoms with E-state index in [-0.39, 0.29) is 4.87 Å². The molecule has 0 saturated carbocycles. The summed E-state index contributed by atoms with van der Waals surface area (Å²) in [7, 11) is 0. The van der Waals surface area contributed by atoms with Gasteiger partial charge in [0.25, 0.3) is 0 Å². The van der Waals surface area contributed by atoms with Gasteiger partial charge in [0, 0.05) is 0 Å². The van der Waals surface area contributed by atoms with Gasteiger partial charge in [-0.1, -0.05) is 17.7 Å². The van der Waals surface area contributed by atoms with Crippen molar-refractivity contribution in [3.63, 3.8) is 0 Å². The van der Waals surface area contributed by atoms with Gasteiger partial charge in [0.2, 0.25) is 0 Å². The molecule has 64 valence electrons. The third-order valence-corrected chi connectivity index (χ3v) is 1.95. The second-order valence-corrected chi connectivity index (χ2v) is 4.17. The second kappa shape index (κ2) is 4.61. The Labute approximate surface area is 74.9 Å². The van der Waals surface area contributed by atoms with Crippen LogP contribution in [0.5, 0.6) is 0 Å². The minimum Gasteiger partial charge on any atom is -0.115 e. The van der Waals surface area contributed by atoms with Gasteiger partial charge in [0.1, 0.15) is 0 Å². The van der Waals surface area contributed by atoms with Gasteiger partial charge in [-0.05, 0) is 33.6 Å². The second-order valence-electron chi connectivity index (χ2n) is 3.30. The van der Waals surface area contributed by atoms with Crippen LogP contribution >= 0.6 is 11.6 Å². The van der Waals surface area contributed by atoms with E-state index in [1.165, 1.54) is 5.57 Å². The smallest absolute Gasteiger partial charge is 0.0598 e. The highest BCUT2D eigenvalue weighted by Crippen LogP contribution is 2.22. The van der Waals surface area contributed by atoms with E-state index in [4.69, 9.17) is 11.6 Å². The predicted octanol–water partition coefficient (Wildman–Crippen LogP) is 3.92. The number of allylic oxidation sites excluding steroid dienone is 3. The van der Waals surface area contributed by atoms with Crippen molar-refractivity contribution in [1.82, 2.24) is 0 Å². The van der Waals surface area contributed by atoms with E-state index in [9.17, 15) is 0 Å². The molecule has 0 heterocycles. The van der Waals surface area contributed by atoms with Crippen molar-refractivity contribution in [2.24, 2.45) is 0 Å². The quantitative estimate of drug-likeness (QED) is 0.446. The van der Waals surface area contributed by atoms with Crippen LogP contribution < -0.4 is 0 Å². The molecule has 1 unspecified atom stereocenters. The molecule has 0 radical (unpaired) electrons. The summed E-state index contributed by atoms with van der Waals surface area (Å²) in [6, 6.07) is 0. The summed E-state index contributed by atoms with van der Waals surface area (Å²) in [4.78, 5) is -0.230. The molecular weight excluding hydrogens is 156 g/mol. The summed E-state index contributed by atoms with van der Waals surface area (Å²) in [5.74, 6) is 0. The van der Waals surface area contributed by atoms with E-state index in [1.54, 1.807) is 6.08 Å². The molecule has 0 N–H and O–H groups in total. The van der Waals surface area contributed by atoms with Gasteiger partial charge in [-0.3, -0.25) is 0 Å². The first-order chi connectivity index (χ1) is 4.98. The van der Waals surface area contributed by atoms with Gasteiger partial charge >= 0.3 is 0 Å². The van der Waals surface area contributed by atoms with Crippen LogP contribution in [0.3, 0.4) is 0 Å². The van der Waals surface area contributed by atoms with Crippen molar-refractivity contribution in [2.45, 2.75) is 38.5 Å². The number of hydrogen-bond donors (Lipinski definition) is 0. The zero-order chi connectivity index (χ0) is 8.91. The Balaban J connectivity index is 3.71. The Kier molecular flexibility index (Phi) is 4.51. The lowest BCUT2D eigenvalue weighted by atomic mass is 10.0. The Hall–Kier alpha value is -0.230. The third-order valence-electron chi connectivity index (χ3n) is 1.61. The van der Waals surface area contributed by atoms with Crippen LogP contribution in [0.2, 0.25) is 0 Å². The first-order valence-corrected chi connectivity index (χ1v) is 4.31. The molecule has 1 heteroatoms. The van der Waals surface area contributed by atoms with Crippen LogP contribution in [0.1, 0.15) is 33.6 Å². The van der Waals surface area contributed by atoms with Gasteiger partial charge in [-0.25, -0.2) is 0 Å².